The summed E-state index contributed by atoms with van der Waals surface area (Å²) < 4.78 is 0. The molecule has 0 bridgehead atoms. The number of aliphatic hydroxyl groups excluding tert-OH is 1. The van der Waals surface area contributed by atoms with Gasteiger partial charge in [-0.3, -0.25) is 0 Å². The molecule has 0 amide bonds. The first-order valence-electron chi connectivity index (χ1n) is 7.65. The molecule has 4 rings (SSSR count). The quantitative estimate of drug-likeness (QED) is 0.541. The molecule has 4 N–H and O–H groups in total. The number of anilines is 1. The fourth-order valence-electron chi connectivity index (χ4n) is 2.94. The van der Waals surface area contributed by atoms with Crippen molar-refractivity contribution in [3.8, 4) is 22.4 Å². The number of nitrogens with one attached hydrogen (secondary N) is 1. The number of aromatic amines is 1. The highest BCUT2D eigenvalue weighted by atomic mass is 16.3. The van der Waals surface area contributed by atoms with Crippen molar-refractivity contribution in [2.45, 2.75) is 6.61 Å². The Labute approximate surface area is 138 Å². The number of hydrogen-bond donors (Lipinski definition) is 3. The fraction of sp³-hybridized carbons (Fsp3) is 0.0526. The van der Waals surface area contributed by atoms with Gasteiger partial charge in [-0.15, -0.1) is 0 Å². The molecule has 0 aliphatic carbocycles. The number of aromatic nitrogens is 3. The number of pyridine rings is 2. The minimum absolute atomic E-state index is 0.0127. The van der Waals surface area contributed by atoms with E-state index < -0.39 is 0 Å². The summed E-state index contributed by atoms with van der Waals surface area (Å²) in [6.07, 6.45) is 3.68. The largest absolute Gasteiger partial charge is 0.392 e. The van der Waals surface area contributed by atoms with Crippen molar-refractivity contribution in [1.29, 1.82) is 0 Å². The highest BCUT2D eigenvalue weighted by molar-refractivity contribution is 6.03. The number of fused-ring (bicyclic) bond motifs is 1. The molecule has 0 spiro atoms. The van der Waals surface area contributed by atoms with Crippen LogP contribution in [0.1, 0.15) is 5.56 Å². The molecule has 0 fully saturated rings. The third-order valence-electron chi connectivity index (χ3n) is 4.04. The van der Waals surface area contributed by atoms with Gasteiger partial charge in [-0.25, -0.2) is 9.97 Å². The van der Waals surface area contributed by atoms with Gasteiger partial charge in [0.2, 0.25) is 0 Å². The zero-order chi connectivity index (χ0) is 16.5. The summed E-state index contributed by atoms with van der Waals surface area (Å²) in [5.74, 6) is 0.481. The second-order valence-electron chi connectivity index (χ2n) is 5.59. The number of aliphatic hydroxyl groups is 1. The van der Waals surface area contributed by atoms with Gasteiger partial charge in [-0.1, -0.05) is 24.3 Å². The molecule has 1 aromatic carbocycles. The van der Waals surface area contributed by atoms with Gasteiger partial charge in [-0.2, -0.15) is 0 Å². The predicted octanol–water partition coefficient (Wildman–Crippen LogP) is 3.37. The van der Waals surface area contributed by atoms with Crippen LogP contribution in [-0.2, 0) is 6.61 Å². The van der Waals surface area contributed by atoms with Crippen molar-refractivity contribution in [3.05, 3.63) is 66.5 Å². The van der Waals surface area contributed by atoms with Gasteiger partial charge >= 0.3 is 0 Å². The van der Waals surface area contributed by atoms with Gasteiger partial charge in [-0.05, 0) is 41.0 Å². The van der Waals surface area contributed by atoms with Crippen molar-refractivity contribution in [2.75, 3.05) is 5.73 Å². The van der Waals surface area contributed by atoms with Gasteiger partial charge in [0.15, 0.2) is 0 Å². The van der Waals surface area contributed by atoms with E-state index in [2.05, 4.69) is 15.0 Å². The summed E-state index contributed by atoms with van der Waals surface area (Å²) in [7, 11) is 0. The number of nitrogen functional groups attached to an aromatic ring is 1. The molecule has 5 heteroatoms. The van der Waals surface area contributed by atoms with Gasteiger partial charge in [0.05, 0.1) is 12.3 Å². The van der Waals surface area contributed by atoms with Crippen LogP contribution in [0.25, 0.3) is 33.4 Å². The van der Waals surface area contributed by atoms with E-state index in [4.69, 9.17) is 5.73 Å². The van der Waals surface area contributed by atoms with Crippen LogP contribution in [0.4, 0.5) is 5.82 Å². The van der Waals surface area contributed by atoms with Crippen molar-refractivity contribution in [2.24, 2.45) is 0 Å². The smallest absolute Gasteiger partial charge is 0.138 e. The van der Waals surface area contributed by atoms with E-state index in [1.807, 2.05) is 48.7 Å². The van der Waals surface area contributed by atoms with Crippen LogP contribution in [0, 0.1) is 0 Å². The monoisotopic (exact) mass is 316 g/mol. The molecule has 0 saturated heterocycles. The third-order valence-corrected chi connectivity index (χ3v) is 4.04. The average Bonchev–Trinajstić information content (AvgIpc) is 3.06. The first-order valence-corrected chi connectivity index (χ1v) is 7.65. The first kappa shape index (κ1) is 14.4. The highest BCUT2D eigenvalue weighted by Gasteiger charge is 2.14. The van der Waals surface area contributed by atoms with Gasteiger partial charge < -0.3 is 15.8 Å². The van der Waals surface area contributed by atoms with E-state index in [9.17, 15) is 5.11 Å². The van der Waals surface area contributed by atoms with Crippen LogP contribution in [0.5, 0.6) is 0 Å². The third kappa shape index (κ3) is 2.41. The summed E-state index contributed by atoms with van der Waals surface area (Å²) in [4.78, 5) is 12.0. The molecule has 0 aliphatic heterocycles. The maximum Gasteiger partial charge on any atom is 0.138 e. The molecule has 4 aromatic rings. The van der Waals surface area contributed by atoms with Gasteiger partial charge in [0.25, 0.3) is 0 Å². The highest BCUT2D eigenvalue weighted by Crippen LogP contribution is 2.35. The zero-order valence-electron chi connectivity index (χ0n) is 12.9. The Morgan fingerprint density at radius 3 is 2.75 bits per heavy atom. The van der Waals surface area contributed by atoms with E-state index >= 15 is 0 Å². The van der Waals surface area contributed by atoms with Gasteiger partial charge in [0.1, 0.15) is 11.5 Å². The molecule has 0 unspecified atom stereocenters. The van der Waals surface area contributed by atoms with E-state index in [-0.39, 0.29) is 6.61 Å². The van der Waals surface area contributed by atoms with Crippen molar-refractivity contribution in [1.82, 2.24) is 15.0 Å². The molecule has 3 aromatic heterocycles. The lowest BCUT2D eigenvalue weighted by molar-refractivity contribution is 0.282. The molecule has 5 nitrogen and oxygen atoms in total. The zero-order valence-corrected chi connectivity index (χ0v) is 12.9. The first-order chi connectivity index (χ1) is 11.8. The standard InChI is InChI=1S/C19H16N4O/c20-17-6-2-5-16(23-17)15-10-22-19-18(15)14(7-8-21-19)13-4-1-3-12(9-13)11-24/h1-10,24H,11H2,(H2,20,23)(H,21,22). The summed E-state index contributed by atoms with van der Waals surface area (Å²) in [6, 6.07) is 15.4. The number of hydrogen-bond acceptors (Lipinski definition) is 4. The molecule has 3 heterocycles. The molecule has 0 radical (unpaired) electrons. The van der Waals surface area contributed by atoms with E-state index in [0.717, 1.165) is 39.0 Å². The van der Waals surface area contributed by atoms with Crippen molar-refractivity contribution < 1.29 is 5.11 Å². The Bertz CT molecular complexity index is 1020. The normalized spacial score (nSPS) is 11.0. The number of nitrogens with two attached hydrogens (primary N) is 1. The predicted molar refractivity (Wildman–Crippen MR) is 95.1 cm³/mol. The lowest BCUT2D eigenvalue weighted by Crippen LogP contribution is -1.91. The summed E-state index contributed by atoms with van der Waals surface area (Å²) in [6.45, 7) is 0.0127. The van der Waals surface area contributed by atoms with Crippen LogP contribution >= 0.6 is 0 Å². The summed E-state index contributed by atoms with van der Waals surface area (Å²) in [5.41, 5.74) is 11.3. The minimum atomic E-state index is 0.0127. The Balaban J connectivity index is 1.98. The molecule has 24 heavy (non-hydrogen) atoms. The average molecular weight is 316 g/mol. The van der Waals surface area contributed by atoms with Crippen LogP contribution < -0.4 is 5.73 Å². The second-order valence-corrected chi connectivity index (χ2v) is 5.59. The number of H-pyrrole nitrogens is 1. The van der Waals surface area contributed by atoms with Gasteiger partial charge in [0, 0.05) is 23.3 Å². The van der Waals surface area contributed by atoms with Crippen molar-refractivity contribution >= 4 is 16.9 Å². The second kappa shape index (κ2) is 5.79. The summed E-state index contributed by atoms with van der Waals surface area (Å²) >= 11 is 0. The topological polar surface area (TPSA) is 87.8 Å². The van der Waals surface area contributed by atoms with Crippen LogP contribution in [-0.4, -0.2) is 20.1 Å². The Morgan fingerprint density at radius 2 is 1.92 bits per heavy atom. The number of nitrogens with zero attached hydrogens (tertiary/aromatic N) is 2. The summed E-state index contributed by atoms with van der Waals surface area (Å²) in [5, 5.41) is 10.4. The number of benzene rings is 1. The lowest BCUT2D eigenvalue weighted by Gasteiger charge is -2.08. The molecule has 118 valence electrons. The Morgan fingerprint density at radius 1 is 1.04 bits per heavy atom. The maximum absolute atomic E-state index is 9.40. The van der Waals surface area contributed by atoms with E-state index in [1.54, 1.807) is 12.3 Å². The maximum atomic E-state index is 9.40. The van der Waals surface area contributed by atoms with Crippen molar-refractivity contribution in [3.63, 3.8) is 0 Å². The van der Waals surface area contributed by atoms with E-state index in [1.165, 1.54) is 0 Å². The SMILES string of the molecule is Nc1cccc(-c2c[nH]c3nccc(-c4cccc(CO)c4)c23)n1. The molecule has 0 aliphatic rings. The van der Waals surface area contributed by atoms with Crippen LogP contribution in [0.2, 0.25) is 0 Å². The number of rotatable bonds is 3. The Kier molecular flexibility index (Phi) is 3.48. The molecule has 0 atom stereocenters. The van der Waals surface area contributed by atoms with Crippen LogP contribution in [0.15, 0.2) is 60.9 Å². The lowest BCUT2D eigenvalue weighted by atomic mass is 9.98. The molecule has 0 saturated carbocycles. The minimum Gasteiger partial charge on any atom is -0.392 e. The fourth-order valence-corrected chi connectivity index (χ4v) is 2.94. The molecular weight excluding hydrogens is 300 g/mol. The van der Waals surface area contributed by atoms with Crippen LogP contribution in [0.3, 0.4) is 0 Å². The molecular formula is C19H16N4O. The Hall–Kier alpha value is -3.18. The van der Waals surface area contributed by atoms with E-state index in [0.29, 0.717) is 5.82 Å².